The second kappa shape index (κ2) is 4.61. The fourth-order valence-electron chi connectivity index (χ4n) is 0.766. The van der Waals surface area contributed by atoms with Crippen LogP contribution in [-0.2, 0) is 22.7 Å². The van der Waals surface area contributed by atoms with Gasteiger partial charge in [-0.3, -0.25) is 4.79 Å². The van der Waals surface area contributed by atoms with E-state index < -0.39 is 6.09 Å². The van der Waals surface area contributed by atoms with Gasteiger partial charge in [-0.15, -0.1) is 17.7 Å². The van der Waals surface area contributed by atoms with Crippen LogP contribution in [0.4, 0.5) is 4.79 Å². The van der Waals surface area contributed by atoms with Gasteiger partial charge in [0, 0.05) is 0 Å². The van der Waals surface area contributed by atoms with Crippen molar-refractivity contribution in [1.29, 1.82) is 0 Å². The molecule has 0 spiro atoms. The van der Waals surface area contributed by atoms with Crippen molar-refractivity contribution in [2.45, 2.75) is 13.2 Å². The summed E-state index contributed by atoms with van der Waals surface area (Å²) in [5.74, 6) is 0. The second-order valence-corrected chi connectivity index (χ2v) is 2.91. The van der Waals surface area contributed by atoms with Crippen LogP contribution in [0.15, 0.2) is 6.20 Å². The Kier molecular flexibility index (Phi) is 3.46. The molecule has 1 amide bonds. The zero-order valence-electron chi connectivity index (χ0n) is 7.08. The van der Waals surface area contributed by atoms with E-state index in [1.807, 2.05) is 0 Å². The minimum atomic E-state index is -0.884. The Bertz CT molecular complexity index is 351. The summed E-state index contributed by atoms with van der Waals surface area (Å²) in [4.78, 5) is 20.8. The van der Waals surface area contributed by atoms with Crippen LogP contribution in [0.25, 0.3) is 0 Å². The molecule has 1 aromatic heterocycles. The van der Waals surface area contributed by atoms with E-state index in [0.717, 1.165) is 0 Å². The van der Waals surface area contributed by atoms with Crippen LogP contribution in [0.1, 0.15) is 5.69 Å². The molecule has 14 heavy (non-hydrogen) atoms. The molecular weight excluding hydrogens is 208 g/mol. The van der Waals surface area contributed by atoms with E-state index in [1.165, 1.54) is 10.9 Å². The lowest BCUT2D eigenvalue weighted by molar-refractivity contribution is -0.111. The number of nitrogens with zero attached hydrogens (tertiary/aromatic N) is 3. The molecule has 1 aromatic rings. The predicted octanol–water partition coefficient (Wildman–Crippen LogP) is -0.670. The number of hydrogen-bond donors (Lipinski definition) is 2. The van der Waals surface area contributed by atoms with Crippen LogP contribution in [0.5, 0.6) is 0 Å². The van der Waals surface area contributed by atoms with Gasteiger partial charge in [0.2, 0.25) is 5.12 Å². The molecular formula is C6H8N4O3S. The number of nitrogens with two attached hydrogens (primary N) is 1. The number of carbonyl (C=O) groups is 2. The Morgan fingerprint density at radius 3 is 2.93 bits per heavy atom. The van der Waals surface area contributed by atoms with Gasteiger partial charge in [0.05, 0.1) is 6.20 Å². The van der Waals surface area contributed by atoms with Crippen molar-refractivity contribution in [3.8, 4) is 0 Å². The SMILES string of the molecule is NC(=O)OCc1cn(CC(=O)S)nn1. The standard InChI is InChI=1S/C6H8N4O3S/c7-6(12)13-3-4-1-10(9-8-4)2-5(11)14/h1H,2-3H2,(H2,7,12)(H,11,14). The van der Waals surface area contributed by atoms with Gasteiger partial charge in [0.1, 0.15) is 18.8 Å². The fourth-order valence-corrected chi connectivity index (χ4v) is 0.910. The number of hydrogen-bond acceptors (Lipinski definition) is 5. The van der Waals surface area contributed by atoms with E-state index in [0.29, 0.717) is 5.69 Å². The molecule has 0 bridgehead atoms. The monoisotopic (exact) mass is 216 g/mol. The summed E-state index contributed by atoms with van der Waals surface area (Å²) in [6, 6.07) is 0. The third-order valence-corrected chi connectivity index (χ3v) is 1.39. The molecule has 0 aliphatic carbocycles. The first-order valence-corrected chi connectivity index (χ1v) is 4.05. The van der Waals surface area contributed by atoms with Gasteiger partial charge >= 0.3 is 6.09 Å². The highest BCUT2D eigenvalue weighted by Crippen LogP contribution is 1.96. The van der Waals surface area contributed by atoms with Crippen molar-refractivity contribution < 1.29 is 14.3 Å². The molecule has 0 fully saturated rings. The number of carbonyl (C=O) groups excluding carboxylic acids is 2. The highest BCUT2D eigenvalue weighted by atomic mass is 32.1. The third kappa shape index (κ3) is 3.44. The van der Waals surface area contributed by atoms with E-state index in [9.17, 15) is 9.59 Å². The van der Waals surface area contributed by atoms with Gasteiger partial charge in [0.15, 0.2) is 0 Å². The number of primary amides is 1. The van der Waals surface area contributed by atoms with Crippen LogP contribution in [0.3, 0.4) is 0 Å². The first kappa shape index (κ1) is 10.5. The van der Waals surface area contributed by atoms with Crippen molar-refractivity contribution in [2.75, 3.05) is 0 Å². The lowest BCUT2D eigenvalue weighted by atomic mass is 10.5. The summed E-state index contributed by atoms with van der Waals surface area (Å²) in [7, 11) is 0. The zero-order chi connectivity index (χ0) is 10.6. The van der Waals surface area contributed by atoms with Gasteiger partial charge in [-0.2, -0.15) is 0 Å². The van der Waals surface area contributed by atoms with Crippen LogP contribution >= 0.6 is 12.6 Å². The first-order valence-electron chi connectivity index (χ1n) is 3.61. The van der Waals surface area contributed by atoms with Crippen molar-refractivity contribution in [3.05, 3.63) is 11.9 Å². The summed E-state index contributed by atoms with van der Waals surface area (Å²) in [6.45, 7) is -0.0389. The van der Waals surface area contributed by atoms with Gasteiger partial charge in [-0.05, 0) is 0 Å². The Hall–Kier alpha value is -1.57. The van der Waals surface area contributed by atoms with E-state index >= 15 is 0 Å². The summed E-state index contributed by atoms with van der Waals surface area (Å²) in [5.41, 5.74) is 5.16. The van der Waals surface area contributed by atoms with Gasteiger partial charge in [-0.25, -0.2) is 9.48 Å². The fraction of sp³-hybridized carbons (Fsp3) is 0.333. The molecule has 1 heterocycles. The first-order chi connectivity index (χ1) is 6.58. The Morgan fingerprint density at radius 2 is 2.36 bits per heavy atom. The molecule has 8 heteroatoms. The maximum atomic E-state index is 10.6. The van der Waals surface area contributed by atoms with Crippen molar-refractivity contribution in [1.82, 2.24) is 15.0 Å². The molecule has 76 valence electrons. The Balaban J connectivity index is 2.50. The lowest BCUT2D eigenvalue weighted by Gasteiger charge is -1.95. The molecule has 1 rings (SSSR count). The minimum Gasteiger partial charge on any atom is -0.443 e. The van der Waals surface area contributed by atoms with E-state index in [2.05, 4.69) is 27.7 Å². The Morgan fingerprint density at radius 1 is 1.64 bits per heavy atom. The quantitative estimate of drug-likeness (QED) is 0.650. The maximum absolute atomic E-state index is 10.6. The van der Waals surface area contributed by atoms with Gasteiger partial charge < -0.3 is 10.5 Å². The molecule has 7 nitrogen and oxygen atoms in total. The number of ether oxygens (including phenoxy) is 1. The van der Waals surface area contributed by atoms with Gasteiger partial charge in [0.25, 0.3) is 0 Å². The zero-order valence-corrected chi connectivity index (χ0v) is 7.98. The van der Waals surface area contributed by atoms with Crippen molar-refractivity contribution in [2.24, 2.45) is 5.73 Å². The van der Waals surface area contributed by atoms with Crippen LogP contribution in [0, 0.1) is 0 Å². The van der Waals surface area contributed by atoms with E-state index in [1.54, 1.807) is 0 Å². The highest BCUT2D eigenvalue weighted by Gasteiger charge is 2.04. The molecule has 0 unspecified atom stereocenters. The largest absolute Gasteiger partial charge is 0.443 e. The summed E-state index contributed by atoms with van der Waals surface area (Å²) < 4.78 is 5.75. The third-order valence-electron chi connectivity index (χ3n) is 1.25. The second-order valence-electron chi connectivity index (χ2n) is 2.41. The highest BCUT2D eigenvalue weighted by molar-refractivity contribution is 7.96. The summed E-state index contributed by atoms with van der Waals surface area (Å²) in [6.07, 6.45) is 0.585. The van der Waals surface area contributed by atoms with E-state index in [-0.39, 0.29) is 18.3 Å². The average Bonchev–Trinajstić information content (AvgIpc) is 2.47. The molecule has 0 aromatic carbocycles. The van der Waals surface area contributed by atoms with Crippen molar-refractivity contribution >= 4 is 23.8 Å². The molecule has 0 aliphatic heterocycles. The van der Waals surface area contributed by atoms with Crippen LogP contribution in [0.2, 0.25) is 0 Å². The molecule has 0 aliphatic rings. The molecule has 2 N–H and O–H groups in total. The molecule has 0 saturated heterocycles. The summed E-state index contributed by atoms with van der Waals surface area (Å²) in [5, 5.41) is 6.90. The number of thiol groups is 1. The Labute approximate surface area is 84.6 Å². The van der Waals surface area contributed by atoms with Crippen LogP contribution < -0.4 is 5.73 Å². The predicted molar refractivity (Wildman–Crippen MR) is 48.4 cm³/mol. The maximum Gasteiger partial charge on any atom is 0.404 e. The smallest absolute Gasteiger partial charge is 0.404 e. The number of amides is 1. The normalized spacial score (nSPS) is 9.79. The molecule has 0 atom stereocenters. The van der Waals surface area contributed by atoms with Gasteiger partial charge in [-0.1, -0.05) is 5.21 Å². The van der Waals surface area contributed by atoms with Crippen LogP contribution in [-0.4, -0.2) is 26.2 Å². The average molecular weight is 216 g/mol. The molecule has 0 radical (unpaired) electrons. The number of aromatic nitrogens is 3. The van der Waals surface area contributed by atoms with E-state index in [4.69, 9.17) is 5.73 Å². The topological polar surface area (TPSA) is 100 Å². The number of rotatable bonds is 4. The minimum absolute atomic E-state index is 0.0205. The lowest BCUT2D eigenvalue weighted by Crippen LogP contribution is -2.12. The van der Waals surface area contributed by atoms with Crippen molar-refractivity contribution in [3.63, 3.8) is 0 Å². The molecule has 0 saturated carbocycles. The summed E-state index contributed by atoms with van der Waals surface area (Å²) >= 11 is 3.57.